The molecule has 0 aromatic rings. The quantitative estimate of drug-likeness (QED) is 0.414. The van der Waals surface area contributed by atoms with Crippen LogP contribution in [0.2, 0.25) is 0 Å². The second-order valence-corrected chi connectivity index (χ2v) is 4.44. The SMILES string of the molecule is NC(CC(=O)O)C(=O)NCCCC(=O)NC1CC1. The molecule has 7 heteroatoms. The van der Waals surface area contributed by atoms with Gasteiger partial charge in [0.15, 0.2) is 0 Å². The number of carboxylic acid groups (broad SMARTS) is 1. The lowest BCUT2D eigenvalue weighted by molar-refractivity contribution is -0.139. The van der Waals surface area contributed by atoms with Crippen molar-refractivity contribution in [2.45, 2.75) is 44.2 Å². The average Bonchev–Trinajstić information content (AvgIpc) is 3.06. The molecule has 0 bridgehead atoms. The number of amides is 2. The van der Waals surface area contributed by atoms with E-state index in [0.29, 0.717) is 25.4 Å². The Morgan fingerprint density at radius 1 is 1.33 bits per heavy atom. The predicted molar refractivity (Wildman–Crippen MR) is 63.6 cm³/mol. The van der Waals surface area contributed by atoms with Gasteiger partial charge in [-0.15, -0.1) is 0 Å². The van der Waals surface area contributed by atoms with Crippen LogP contribution in [-0.2, 0) is 14.4 Å². The summed E-state index contributed by atoms with van der Waals surface area (Å²) < 4.78 is 0. The normalized spacial score (nSPS) is 15.8. The summed E-state index contributed by atoms with van der Waals surface area (Å²) >= 11 is 0. The van der Waals surface area contributed by atoms with E-state index in [-0.39, 0.29) is 5.91 Å². The molecule has 0 aromatic heterocycles. The van der Waals surface area contributed by atoms with Crippen LogP contribution >= 0.6 is 0 Å². The van der Waals surface area contributed by atoms with Gasteiger partial charge in [0.2, 0.25) is 11.8 Å². The number of rotatable bonds is 8. The molecule has 7 nitrogen and oxygen atoms in total. The third-order valence-corrected chi connectivity index (χ3v) is 2.55. The van der Waals surface area contributed by atoms with E-state index in [1.54, 1.807) is 0 Å². The fourth-order valence-electron chi connectivity index (χ4n) is 1.40. The number of carboxylic acids is 1. The molecule has 0 aromatic carbocycles. The fourth-order valence-corrected chi connectivity index (χ4v) is 1.40. The van der Waals surface area contributed by atoms with E-state index in [1.807, 2.05) is 0 Å². The molecule has 1 rings (SSSR count). The van der Waals surface area contributed by atoms with Crippen molar-refractivity contribution in [1.82, 2.24) is 10.6 Å². The fraction of sp³-hybridized carbons (Fsp3) is 0.727. The Morgan fingerprint density at radius 2 is 2.00 bits per heavy atom. The maximum atomic E-state index is 11.3. The largest absolute Gasteiger partial charge is 0.481 e. The molecule has 1 fully saturated rings. The van der Waals surface area contributed by atoms with E-state index in [2.05, 4.69) is 10.6 Å². The number of aliphatic carboxylic acids is 1. The molecule has 1 aliphatic rings. The summed E-state index contributed by atoms with van der Waals surface area (Å²) in [6.07, 6.45) is 2.57. The predicted octanol–water partition coefficient (Wildman–Crippen LogP) is -1.04. The summed E-state index contributed by atoms with van der Waals surface area (Å²) in [4.78, 5) is 32.9. The van der Waals surface area contributed by atoms with Crippen LogP contribution in [-0.4, -0.2) is 41.5 Å². The minimum atomic E-state index is -1.11. The Kier molecular flexibility index (Phi) is 5.57. The molecule has 18 heavy (non-hydrogen) atoms. The molecule has 1 saturated carbocycles. The summed E-state index contributed by atoms with van der Waals surface area (Å²) in [6, 6.07) is -0.695. The Balaban J connectivity index is 2.03. The van der Waals surface area contributed by atoms with Crippen LogP contribution < -0.4 is 16.4 Å². The monoisotopic (exact) mass is 257 g/mol. The van der Waals surface area contributed by atoms with E-state index in [1.165, 1.54) is 0 Å². The summed E-state index contributed by atoms with van der Waals surface area (Å²) in [5.74, 6) is -1.62. The first kappa shape index (κ1) is 14.4. The minimum absolute atomic E-state index is 0.0124. The van der Waals surface area contributed by atoms with E-state index in [0.717, 1.165) is 12.8 Å². The van der Waals surface area contributed by atoms with E-state index in [9.17, 15) is 14.4 Å². The maximum Gasteiger partial charge on any atom is 0.305 e. The summed E-state index contributed by atoms with van der Waals surface area (Å²) in [6.45, 7) is 0.324. The van der Waals surface area contributed by atoms with Gasteiger partial charge in [-0.05, 0) is 19.3 Å². The van der Waals surface area contributed by atoms with Gasteiger partial charge >= 0.3 is 5.97 Å². The average molecular weight is 257 g/mol. The van der Waals surface area contributed by atoms with E-state index in [4.69, 9.17) is 10.8 Å². The van der Waals surface area contributed by atoms with Crippen molar-refractivity contribution in [3.8, 4) is 0 Å². The topological polar surface area (TPSA) is 122 Å². The molecule has 1 unspecified atom stereocenters. The first-order chi connectivity index (χ1) is 8.49. The zero-order valence-electron chi connectivity index (χ0n) is 10.1. The van der Waals surface area contributed by atoms with Crippen LogP contribution in [0.5, 0.6) is 0 Å². The number of nitrogens with two attached hydrogens (primary N) is 1. The highest BCUT2D eigenvalue weighted by Crippen LogP contribution is 2.18. The molecule has 2 amide bonds. The molecule has 0 aliphatic heterocycles. The van der Waals surface area contributed by atoms with E-state index < -0.39 is 24.3 Å². The van der Waals surface area contributed by atoms with Gasteiger partial charge in [-0.3, -0.25) is 14.4 Å². The van der Waals surface area contributed by atoms with Crippen LogP contribution in [0.15, 0.2) is 0 Å². The Morgan fingerprint density at radius 3 is 2.56 bits per heavy atom. The van der Waals surface area contributed by atoms with Crippen molar-refractivity contribution in [1.29, 1.82) is 0 Å². The summed E-state index contributed by atoms with van der Waals surface area (Å²) in [5.41, 5.74) is 5.36. The van der Waals surface area contributed by atoms with Gasteiger partial charge in [-0.25, -0.2) is 0 Å². The van der Waals surface area contributed by atoms with Crippen molar-refractivity contribution < 1.29 is 19.5 Å². The third-order valence-electron chi connectivity index (χ3n) is 2.55. The van der Waals surface area contributed by atoms with Crippen molar-refractivity contribution in [2.24, 2.45) is 5.73 Å². The van der Waals surface area contributed by atoms with Crippen LogP contribution in [0.25, 0.3) is 0 Å². The van der Waals surface area contributed by atoms with Gasteiger partial charge in [-0.2, -0.15) is 0 Å². The van der Waals surface area contributed by atoms with Gasteiger partial charge in [0, 0.05) is 19.0 Å². The lowest BCUT2D eigenvalue weighted by Gasteiger charge is -2.10. The van der Waals surface area contributed by atoms with Crippen LogP contribution in [0.4, 0.5) is 0 Å². The Hall–Kier alpha value is -1.63. The number of hydrogen-bond donors (Lipinski definition) is 4. The van der Waals surface area contributed by atoms with Crippen LogP contribution in [0.3, 0.4) is 0 Å². The standard InChI is InChI=1S/C11H19N3O4/c12-8(6-10(16)17)11(18)13-5-1-2-9(15)14-7-3-4-7/h7-8H,1-6,12H2,(H,13,18)(H,14,15)(H,16,17). The first-order valence-corrected chi connectivity index (χ1v) is 6.03. The van der Waals surface area contributed by atoms with Crippen LogP contribution in [0.1, 0.15) is 32.1 Å². The highest BCUT2D eigenvalue weighted by molar-refractivity contribution is 5.85. The number of carbonyl (C=O) groups excluding carboxylic acids is 2. The lowest BCUT2D eigenvalue weighted by Crippen LogP contribution is -2.42. The molecule has 102 valence electrons. The first-order valence-electron chi connectivity index (χ1n) is 6.03. The van der Waals surface area contributed by atoms with Gasteiger partial charge in [0.25, 0.3) is 0 Å². The second-order valence-electron chi connectivity index (χ2n) is 4.44. The number of nitrogens with one attached hydrogen (secondary N) is 2. The molecule has 0 radical (unpaired) electrons. The highest BCUT2D eigenvalue weighted by Gasteiger charge is 2.22. The van der Waals surface area contributed by atoms with Crippen molar-refractivity contribution in [2.75, 3.05) is 6.54 Å². The molecule has 0 heterocycles. The summed E-state index contributed by atoms with van der Waals surface area (Å²) in [7, 11) is 0. The van der Waals surface area contributed by atoms with Crippen molar-refractivity contribution >= 4 is 17.8 Å². The zero-order chi connectivity index (χ0) is 13.5. The second kappa shape index (κ2) is 6.95. The molecule has 1 aliphatic carbocycles. The summed E-state index contributed by atoms with van der Waals surface area (Å²) in [5, 5.41) is 13.8. The minimum Gasteiger partial charge on any atom is -0.481 e. The van der Waals surface area contributed by atoms with E-state index >= 15 is 0 Å². The Labute approximate surface area is 105 Å². The lowest BCUT2D eigenvalue weighted by atomic mass is 10.2. The highest BCUT2D eigenvalue weighted by atomic mass is 16.4. The zero-order valence-corrected chi connectivity index (χ0v) is 10.1. The number of carbonyl (C=O) groups is 3. The molecule has 0 spiro atoms. The Bertz CT molecular complexity index is 328. The maximum absolute atomic E-state index is 11.3. The molecule has 5 N–H and O–H groups in total. The van der Waals surface area contributed by atoms with Gasteiger partial charge in [-0.1, -0.05) is 0 Å². The smallest absolute Gasteiger partial charge is 0.305 e. The van der Waals surface area contributed by atoms with Gasteiger partial charge in [0.1, 0.15) is 0 Å². The molecular weight excluding hydrogens is 238 g/mol. The molecular formula is C11H19N3O4. The van der Waals surface area contributed by atoms with Gasteiger partial charge in [0.05, 0.1) is 12.5 Å². The van der Waals surface area contributed by atoms with Gasteiger partial charge < -0.3 is 21.5 Å². The number of hydrogen-bond acceptors (Lipinski definition) is 4. The molecule has 0 saturated heterocycles. The van der Waals surface area contributed by atoms with Crippen LogP contribution in [0, 0.1) is 0 Å². The molecule has 1 atom stereocenters. The van der Waals surface area contributed by atoms with Crippen molar-refractivity contribution in [3.63, 3.8) is 0 Å². The third kappa shape index (κ3) is 6.19. The van der Waals surface area contributed by atoms with Crippen molar-refractivity contribution in [3.05, 3.63) is 0 Å².